The quantitative estimate of drug-likeness (QED) is 0.413. The van der Waals surface area contributed by atoms with E-state index in [2.05, 4.69) is 10.6 Å². The molecule has 178 valence electrons. The molecule has 34 heavy (non-hydrogen) atoms. The van der Waals surface area contributed by atoms with Gasteiger partial charge in [0.1, 0.15) is 6.54 Å². The highest BCUT2D eigenvalue weighted by molar-refractivity contribution is 7.92. The molecule has 3 rings (SSSR count). The summed E-state index contributed by atoms with van der Waals surface area (Å²) in [5.74, 6) is -1.04. The monoisotopic (exact) mass is 501 g/mol. The lowest BCUT2D eigenvalue weighted by atomic mass is 10.1. The Morgan fingerprint density at radius 1 is 0.941 bits per heavy atom. The first kappa shape index (κ1) is 25.2. The van der Waals surface area contributed by atoms with Crippen molar-refractivity contribution in [3.8, 4) is 0 Å². The summed E-state index contributed by atoms with van der Waals surface area (Å²) in [5.41, 5.74) is 0.648. The van der Waals surface area contributed by atoms with Crippen molar-refractivity contribution in [2.24, 2.45) is 0 Å². The van der Waals surface area contributed by atoms with Gasteiger partial charge < -0.3 is 15.4 Å². The summed E-state index contributed by atoms with van der Waals surface area (Å²) in [6.07, 6.45) is 0. The van der Waals surface area contributed by atoms with Crippen molar-refractivity contribution in [3.63, 3.8) is 0 Å². The fourth-order valence-electron chi connectivity index (χ4n) is 3.15. The largest absolute Gasteiger partial charge is 0.383 e. The topological polar surface area (TPSA) is 105 Å². The lowest BCUT2D eigenvalue weighted by molar-refractivity contribution is -0.114. The number of hydrogen-bond acceptors (Lipinski definition) is 5. The second-order valence-electron chi connectivity index (χ2n) is 7.12. The summed E-state index contributed by atoms with van der Waals surface area (Å²) in [5, 5.41) is 5.51. The van der Waals surface area contributed by atoms with Crippen LogP contribution in [0, 0.1) is 0 Å². The smallest absolute Gasteiger partial charge is 0.264 e. The molecule has 0 saturated heterocycles. The van der Waals surface area contributed by atoms with E-state index in [-0.39, 0.29) is 26.9 Å². The zero-order valence-electron chi connectivity index (χ0n) is 18.4. The Kier molecular flexibility index (Phi) is 8.64. The number of anilines is 2. The summed E-state index contributed by atoms with van der Waals surface area (Å²) in [4.78, 5) is 25.5. The number of para-hydroxylation sites is 2. The van der Waals surface area contributed by atoms with Gasteiger partial charge in [-0.15, -0.1) is 0 Å². The first-order valence-electron chi connectivity index (χ1n) is 10.3. The molecule has 0 fully saturated rings. The number of sulfonamides is 1. The minimum Gasteiger partial charge on any atom is -0.383 e. The summed E-state index contributed by atoms with van der Waals surface area (Å²) in [6.45, 7) is 0.0816. The zero-order valence-corrected chi connectivity index (χ0v) is 20.0. The van der Waals surface area contributed by atoms with Crippen LogP contribution in [-0.4, -0.2) is 47.0 Å². The molecule has 0 heterocycles. The van der Waals surface area contributed by atoms with E-state index in [4.69, 9.17) is 16.3 Å². The zero-order chi connectivity index (χ0) is 24.6. The molecule has 0 aliphatic heterocycles. The van der Waals surface area contributed by atoms with Gasteiger partial charge in [-0.1, -0.05) is 54.1 Å². The maximum atomic E-state index is 13.4. The van der Waals surface area contributed by atoms with Crippen LogP contribution in [0.3, 0.4) is 0 Å². The van der Waals surface area contributed by atoms with Crippen molar-refractivity contribution in [2.75, 3.05) is 36.4 Å². The van der Waals surface area contributed by atoms with E-state index in [9.17, 15) is 18.0 Å². The summed E-state index contributed by atoms with van der Waals surface area (Å²) in [6, 6.07) is 20.6. The van der Waals surface area contributed by atoms with Crippen LogP contribution in [0.1, 0.15) is 10.4 Å². The van der Waals surface area contributed by atoms with Gasteiger partial charge >= 0.3 is 0 Å². The van der Waals surface area contributed by atoms with Crippen molar-refractivity contribution < 1.29 is 22.7 Å². The lowest BCUT2D eigenvalue weighted by Crippen LogP contribution is -2.38. The molecule has 2 amide bonds. The normalized spacial score (nSPS) is 11.0. The molecule has 0 aromatic heterocycles. The molecular weight excluding hydrogens is 478 g/mol. The molecule has 0 unspecified atom stereocenters. The standard InChI is InChI=1S/C24H24ClN3O5S/c1-33-16-15-26-24(30)19-11-5-7-13-21(19)27-23(29)17-28(22-14-8-6-12-20(22)25)34(31,32)18-9-3-2-4-10-18/h2-14H,15-17H2,1H3,(H,26,30)(H,27,29). The molecule has 0 spiro atoms. The van der Waals surface area contributed by atoms with Crippen LogP contribution in [0.2, 0.25) is 5.02 Å². The van der Waals surface area contributed by atoms with E-state index in [1.807, 2.05) is 0 Å². The van der Waals surface area contributed by atoms with E-state index in [1.54, 1.807) is 60.7 Å². The maximum Gasteiger partial charge on any atom is 0.264 e. The third kappa shape index (κ3) is 6.13. The van der Waals surface area contributed by atoms with E-state index in [0.29, 0.717) is 13.2 Å². The van der Waals surface area contributed by atoms with E-state index < -0.39 is 28.4 Å². The molecule has 2 N–H and O–H groups in total. The van der Waals surface area contributed by atoms with Crippen molar-refractivity contribution in [1.29, 1.82) is 0 Å². The second-order valence-corrected chi connectivity index (χ2v) is 9.39. The van der Waals surface area contributed by atoms with Gasteiger partial charge in [0, 0.05) is 13.7 Å². The second kappa shape index (κ2) is 11.6. The number of carbonyl (C=O) groups is 2. The SMILES string of the molecule is COCCNC(=O)c1ccccc1NC(=O)CN(c1ccccc1Cl)S(=O)(=O)c1ccccc1. The first-order chi connectivity index (χ1) is 16.3. The van der Waals surface area contributed by atoms with Crippen LogP contribution < -0.4 is 14.9 Å². The van der Waals surface area contributed by atoms with Crippen LogP contribution >= 0.6 is 11.6 Å². The number of hydrogen-bond donors (Lipinski definition) is 2. The van der Waals surface area contributed by atoms with Crippen LogP contribution in [-0.2, 0) is 19.6 Å². The number of rotatable bonds is 10. The first-order valence-corrected chi connectivity index (χ1v) is 12.1. The van der Waals surface area contributed by atoms with Crippen molar-refractivity contribution in [1.82, 2.24) is 5.32 Å². The number of methoxy groups -OCH3 is 1. The van der Waals surface area contributed by atoms with Gasteiger partial charge in [0.25, 0.3) is 15.9 Å². The summed E-state index contributed by atoms with van der Waals surface area (Å²) >= 11 is 6.28. The molecule has 0 aliphatic carbocycles. The van der Waals surface area contributed by atoms with Crippen LogP contribution in [0.15, 0.2) is 83.8 Å². The Labute approximate surface area is 203 Å². The van der Waals surface area contributed by atoms with Gasteiger partial charge in [-0.3, -0.25) is 13.9 Å². The molecule has 3 aromatic rings. The van der Waals surface area contributed by atoms with Gasteiger partial charge in [-0.25, -0.2) is 8.42 Å². The third-order valence-electron chi connectivity index (χ3n) is 4.78. The van der Waals surface area contributed by atoms with E-state index in [0.717, 1.165) is 4.31 Å². The number of carbonyl (C=O) groups excluding carboxylic acids is 2. The molecule has 10 heteroatoms. The third-order valence-corrected chi connectivity index (χ3v) is 6.87. The van der Waals surface area contributed by atoms with Crippen LogP contribution in [0.25, 0.3) is 0 Å². The molecule has 0 saturated carbocycles. The van der Waals surface area contributed by atoms with Crippen molar-refractivity contribution >= 4 is 44.8 Å². The average molecular weight is 502 g/mol. The molecule has 8 nitrogen and oxygen atoms in total. The molecule has 0 atom stereocenters. The fourth-order valence-corrected chi connectivity index (χ4v) is 4.89. The van der Waals surface area contributed by atoms with Crippen LogP contribution in [0.5, 0.6) is 0 Å². The van der Waals surface area contributed by atoms with Gasteiger partial charge in [0.2, 0.25) is 5.91 Å². The number of benzene rings is 3. The minimum atomic E-state index is -4.11. The maximum absolute atomic E-state index is 13.4. The molecule has 0 bridgehead atoms. The van der Waals surface area contributed by atoms with Gasteiger partial charge in [-0.05, 0) is 36.4 Å². The Morgan fingerprint density at radius 2 is 1.59 bits per heavy atom. The number of amides is 2. The Bertz CT molecular complexity index is 1250. The highest BCUT2D eigenvalue weighted by atomic mass is 35.5. The molecule has 3 aromatic carbocycles. The summed E-state index contributed by atoms with van der Waals surface area (Å²) < 4.78 is 32.7. The number of nitrogens with one attached hydrogen (secondary N) is 2. The molecule has 0 aliphatic rings. The number of ether oxygens (including phenoxy) is 1. The predicted octanol–water partition coefficient (Wildman–Crippen LogP) is 3.55. The Balaban J connectivity index is 1.88. The van der Waals surface area contributed by atoms with Crippen molar-refractivity contribution in [3.05, 3.63) is 89.4 Å². The lowest BCUT2D eigenvalue weighted by Gasteiger charge is -2.25. The predicted molar refractivity (Wildman–Crippen MR) is 132 cm³/mol. The fraction of sp³-hybridized carbons (Fsp3) is 0.167. The average Bonchev–Trinajstić information content (AvgIpc) is 2.84. The van der Waals surface area contributed by atoms with Gasteiger partial charge in [0.15, 0.2) is 0 Å². The van der Waals surface area contributed by atoms with Gasteiger partial charge in [0.05, 0.1) is 33.5 Å². The highest BCUT2D eigenvalue weighted by Crippen LogP contribution is 2.30. The van der Waals surface area contributed by atoms with Crippen LogP contribution in [0.4, 0.5) is 11.4 Å². The molecular formula is C24H24ClN3O5S. The summed E-state index contributed by atoms with van der Waals surface area (Å²) in [7, 11) is -2.59. The minimum absolute atomic E-state index is 0.0145. The number of nitrogens with zero attached hydrogens (tertiary/aromatic N) is 1. The van der Waals surface area contributed by atoms with E-state index >= 15 is 0 Å². The highest BCUT2D eigenvalue weighted by Gasteiger charge is 2.29. The van der Waals surface area contributed by atoms with Crippen molar-refractivity contribution in [2.45, 2.75) is 4.90 Å². The number of halogens is 1. The Hall–Kier alpha value is -3.40. The Morgan fingerprint density at radius 3 is 2.29 bits per heavy atom. The molecule has 0 radical (unpaired) electrons. The van der Waals surface area contributed by atoms with E-state index in [1.165, 1.54) is 25.3 Å². The van der Waals surface area contributed by atoms with Gasteiger partial charge in [-0.2, -0.15) is 0 Å².